The number of rotatable bonds is 3. The Labute approximate surface area is 116 Å². The number of nitrogen functional groups attached to an aromatic ring is 1. The van der Waals surface area contributed by atoms with Gasteiger partial charge >= 0.3 is 0 Å². The molecule has 0 saturated heterocycles. The standard InChI is InChI=1S/C12H10BrF2N3O/c1-19-10-3-2-6(13)4-9(10)17-12-8(15)5-7(14)11(16)18-12/h2-5H,1H3,(H3,16,17,18). The van der Waals surface area contributed by atoms with Gasteiger partial charge in [0.2, 0.25) is 0 Å². The highest BCUT2D eigenvalue weighted by atomic mass is 79.9. The Balaban J connectivity index is 2.41. The molecule has 0 amide bonds. The fraction of sp³-hybridized carbons (Fsp3) is 0.0833. The summed E-state index contributed by atoms with van der Waals surface area (Å²) < 4.78 is 32.5. The van der Waals surface area contributed by atoms with Crippen molar-refractivity contribution < 1.29 is 13.5 Å². The van der Waals surface area contributed by atoms with Gasteiger partial charge in [-0.1, -0.05) is 15.9 Å². The molecule has 0 fully saturated rings. The van der Waals surface area contributed by atoms with Crippen LogP contribution in [0.15, 0.2) is 28.7 Å². The summed E-state index contributed by atoms with van der Waals surface area (Å²) >= 11 is 3.29. The summed E-state index contributed by atoms with van der Waals surface area (Å²) in [6.07, 6.45) is 0. The molecule has 3 N–H and O–H groups in total. The van der Waals surface area contributed by atoms with Gasteiger partial charge in [-0.05, 0) is 18.2 Å². The van der Waals surface area contributed by atoms with Gasteiger partial charge in [0.05, 0.1) is 12.8 Å². The van der Waals surface area contributed by atoms with Crippen molar-refractivity contribution in [2.24, 2.45) is 0 Å². The molecule has 0 unspecified atom stereocenters. The molecule has 100 valence electrons. The molecule has 2 aromatic rings. The van der Waals surface area contributed by atoms with Crippen LogP contribution in [0.25, 0.3) is 0 Å². The van der Waals surface area contributed by atoms with Crippen molar-refractivity contribution in [3.8, 4) is 5.75 Å². The maximum atomic E-state index is 13.6. The first-order valence-corrected chi connectivity index (χ1v) is 6.02. The van der Waals surface area contributed by atoms with E-state index in [4.69, 9.17) is 10.5 Å². The van der Waals surface area contributed by atoms with E-state index >= 15 is 0 Å². The minimum Gasteiger partial charge on any atom is -0.495 e. The number of ether oxygens (including phenoxy) is 1. The van der Waals surface area contributed by atoms with Gasteiger partial charge in [-0.25, -0.2) is 13.8 Å². The monoisotopic (exact) mass is 329 g/mol. The van der Waals surface area contributed by atoms with Crippen LogP contribution in [0.4, 0.5) is 26.1 Å². The second-order valence-electron chi connectivity index (χ2n) is 3.66. The molecule has 7 heteroatoms. The molecule has 0 aliphatic carbocycles. The van der Waals surface area contributed by atoms with Crippen LogP contribution in [-0.4, -0.2) is 12.1 Å². The third-order valence-corrected chi connectivity index (χ3v) is 2.86. The van der Waals surface area contributed by atoms with E-state index in [2.05, 4.69) is 26.2 Å². The fourth-order valence-corrected chi connectivity index (χ4v) is 1.84. The van der Waals surface area contributed by atoms with Gasteiger partial charge in [0.1, 0.15) is 5.75 Å². The predicted molar refractivity (Wildman–Crippen MR) is 72.5 cm³/mol. The highest BCUT2D eigenvalue weighted by Gasteiger charge is 2.12. The Morgan fingerprint density at radius 2 is 2.00 bits per heavy atom. The number of pyridine rings is 1. The Hall–Kier alpha value is -1.89. The second kappa shape index (κ2) is 5.40. The third kappa shape index (κ3) is 2.93. The lowest BCUT2D eigenvalue weighted by molar-refractivity contribution is 0.416. The van der Waals surface area contributed by atoms with Gasteiger partial charge in [0, 0.05) is 10.5 Å². The lowest BCUT2D eigenvalue weighted by Gasteiger charge is -2.12. The Morgan fingerprint density at radius 1 is 1.26 bits per heavy atom. The SMILES string of the molecule is COc1ccc(Br)cc1Nc1nc(N)c(F)cc1F. The summed E-state index contributed by atoms with van der Waals surface area (Å²) in [6, 6.07) is 5.82. The first-order valence-electron chi connectivity index (χ1n) is 5.23. The minimum absolute atomic E-state index is 0.171. The van der Waals surface area contributed by atoms with E-state index in [0.29, 0.717) is 17.5 Å². The van der Waals surface area contributed by atoms with Crippen LogP contribution in [0.3, 0.4) is 0 Å². The first kappa shape index (κ1) is 13.5. The van der Waals surface area contributed by atoms with Crippen molar-refractivity contribution in [2.75, 3.05) is 18.2 Å². The Morgan fingerprint density at radius 3 is 2.68 bits per heavy atom. The van der Waals surface area contributed by atoms with E-state index in [-0.39, 0.29) is 11.6 Å². The van der Waals surface area contributed by atoms with Gasteiger partial charge in [0.15, 0.2) is 23.3 Å². The molecule has 19 heavy (non-hydrogen) atoms. The van der Waals surface area contributed by atoms with E-state index in [0.717, 1.165) is 4.47 Å². The average Bonchev–Trinajstić information content (AvgIpc) is 2.36. The highest BCUT2D eigenvalue weighted by Crippen LogP contribution is 2.31. The van der Waals surface area contributed by atoms with Crippen LogP contribution in [-0.2, 0) is 0 Å². The van der Waals surface area contributed by atoms with Crippen molar-refractivity contribution in [2.45, 2.75) is 0 Å². The van der Waals surface area contributed by atoms with E-state index in [9.17, 15) is 8.78 Å². The Kier molecular flexibility index (Phi) is 3.84. The normalized spacial score (nSPS) is 10.3. The zero-order valence-corrected chi connectivity index (χ0v) is 11.5. The predicted octanol–water partition coefficient (Wildman–Crippen LogP) is 3.46. The van der Waals surface area contributed by atoms with E-state index < -0.39 is 11.6 Å². The number of aromatic nitrogens is 1. The van der Waals surface area contributed by atoms with Crippen LogP contribution in [0.5, 0.6) is 5.75 Å². The maximum absolute atomic E-state index is 13.6. The van der Waals surface area contributed by atoms with Crippen molar-refractivity contribution >= 4 is 33.3 Å². The first-order chi connectivity index (χ1) is 9.01. The molecule has 1 heterocycles. The summed E-state index contributed by atoms with van der Waals surface area (Å²) in [6.45, 7) is 0. The zero-order valence-electron chi connectivity index (χ0n) is 9.88. The summed E-state index contributed by atoms with van der Waals surface area (Å²) in [4.78, 5) is 3.62. The molecule has 0 radical (unpaired) electrons. The second-order valence-corrected chi connectivity index (χ2v) is 4.57. The van der Waals surface area contributed by atoms with Crippen molar-refractivity contribution in [1.29, 1.82) is 0 Å². The molecule has 0 aliphatic heterocycles. The lowest BCUT2D eigenvalue weighted by atomic mass is 10.3. The van der Waals surface area contributed by atoms with Crippen molar-refractivity contribution in [1.82, 2.24) is 4.98 Å². The topological polar surface area (TPSA) is 60.2 Å². The van der Waals surface area contributed by atoms with Crippen LogP contribution < -0.4 is 15.8 Å². The molecular weight excluding hydrogens is 320 g/mol. The number of halogens is 3. The smallest absolute Gasteiger partial charge is 0.169 e. The van der Waals surface area contributed by atoms with Crippen LogP contribution in [0.1, 0.15) is 0 Å². The van der Waals surface area contributed by atoms with Crippen molar-refractivity contribution in [3.05, 3.63) is 40.4 Å². The van der Waals surface area contributed by atoms with Gasteiger partial charge in [-0.15, -0.1) is 0 Å². The average molecular weight is 330 g/mol. The third-order valence-electron chi connectivity index (χ3n) is 2.37. The largest absolute Gasteiger partial charge is 0.495 e. The maximum Gasteiger partial charge on any atom is 0.169 e. The summed E-state index contributed by atoms with van der Waals surface area (Å²) in [7, 11) is 1.48. The lowest BCUT2D eigenvalue weighted by Crippen LogP contribution is -2.04. The highest BCUT2D eigenvalue weighted by molar-refractivity contribution is 9.10. The fourth-order valence-electron chi connectivity index (χ4n) is 1.47. The number of nitrogens with zero attached hydrogens (tertiary/aromatic N) is 1. The zero-order chi connectivity index (χ0) is 14.0. The molecule has 1 aromatic heterocycles. The molecule has 0 spiro atoms. The molecular formula is C12H10BrF2N3O. The summed E-state index contributed by atoms with van der Waals surface area (Å²) in [5.41, 5.74) is 5.79. The Bertz CT molecular complexity index is 622. The van der Waals surface area contributed by atoms with E-state index in [1.165, 1.54) is 7.11 Å². The molecule has 4 nitrogen and oxygen atoms in total. The summed E-state index contributed by atoms with van der Waals surface area (Å²) in [5, 5.41) is 2.71. The molecule has 0 saturated carbocycles. The van der Waals surface area contributed by atoms with Crippen LogP contribution >= 0.6 is 15.9 Å². The van der Waals surface area contributed by atoms with Gasteiger partial charge in [0.25, 0.3) is 0 Å². The van der Waals surface area contributed by atoms with Crippen LogP contribution in [0, 0.1) is 11.6 Å². The summed E-state index contributed by atoms with van der Waals surface area (Å²) in [5.74, 6) is -1.79. The molecule has 1 aromatic carbocycles. The number of methoxy groups -OCH3 is 1. The quantitative estimate of drug-likeness (QED) is 0.905. The van der Waals surface area contributed by atoms with E-state index in [1.807, 2.05) is 0 Å². The molecule has 0 aliphatic rings. The van der Waals surface area contributed by atoms with Crippen molar-refractivity contribution in [3.63, 3.8) is 0 Å². The number of hydrogen-bond acceptors (Lipinski definition) is 4. The van der Waals surface area contributed by atoms with Gasteiger partial charge in [-0.3, -0.25) is 0 Å². The van der Waals surface area contributed by atoms with Gasteiger partial charge < -0.3 is 15.8 Å². The molecule has 2 rings (SSSR count). The van der Waals surface area contributed by atoms with Gasteiger partial charge in [-0.2, -0.15) is 0 Å². The van der Waals surface area contributed by atoms with E-state index in [1.54, 1.807) is 18.2 Å². The van der Waals surface area contributed by atoms with Crippen LogP contribution in [0.2, 0.25) is 0 Å². The number of benzene rings is 1. The number of anilines is 3. The number of nitrogens with two attached hydrogens (primary N) is 1. The number of hydrogen-bond donors (Lipinski definition) is 2. The number of nitrogens with one attached hydrogen (secondary N) is 1. The molecule has 0 bridgehead atoms. The minimum atomic E-state index is -0.899. The molecule has 0 atom stereocenters.